The lowest BCUT2D eigenvalue weighted by Crippen LogP contribution is -2.28. The van der Waals surface area contributed by atoms with Gasteiger partial charge in [-0.2, -0.15) is 0 Å². The van der Waals surface area contributed by atoms with Gasteiger partial charge in [-0.25, -0.2) is 12.7 Å². The van der Waals surface area contributed by atoms with Crippen molar-refractivity contribution in [1.82, 2.24) is 4.31 Å². The van der Waals surface area contributed by atoms with Crippen molar-refractivity contribution in [2.45, 2.75) is 24.7 Å². The van der Waals surface area contributed by atoms with Gasteiger partial charge < -0.3 is 10.1 Å². The molecule has 0 aromatic heterocycles. The number of ketones is 1. The fourth-order valence-corrected chi connectivity index (χ4v) is 3.73. The number of methoxy groups -OCH3 is 1. The average molecular weight is 404 g/mol. The van der Waals surface area contributed by atoms with Gasteiger partial charge in [-0.05, 0) is 49.7 Å². The van der Waals surface area contributed by atoms with Crippen molar-refractivity contribution in [3.05, 3.63) is 54.1 Å². The van der Waals surface area contributed by atoms with Gasteiger partial charge in [0.1, 0.15) is 5.75 Å². The summed E-state index contributed by atoms with van der Waals surface area (Å²) in [5.41, 5.74) is 1.11. The standard InChI is InChI=1S/C20H24N2O5S/c1-15(23)16-6-12-19(13-7-16)28(25,26)22(2)14-4-5-20(24)21-17-8-10-18(27-3)11-9-17/h6-13H,4-5,14H2,1-3H3,(H,21,24). The molecule has 0 aliphatic rings. The molecule has 2 aromatic carbocycles. The molecule has 0 radical (unpaired) electrons. The normalized spacial score (nSPS) is 11.3. The summed E-state index contributed by atoms with van der Waals surface area (Å²) in [5, 5.41) is 2.76. The van der Waals surface area contributed by atoms with E-state index in [0.29, 0.717) is 23.4 Å². The molecular formula is C20H24N2O5S. The molecule has 0 saturated heterocycles. The topological polar surface area (TPSA) is 92.8 Å². The molecule has 2 rings (SSSR count). The number of anilines is 1. The van der Waals surface area contributed by atoms with E-state index in [4.69, 9.17) is 4.74 Å². The lowest BCUT2D eigenvalue weighted by atomic mass is 10.2. The summed E-state index contributed by atoms with van der Waals surface area (Å²) in [7, 11) is -0.636. The van der Waals surface area contributed by atoms with Crippen LogP contribution in [-0.2, 0) is 14.8 Å². The Labute approximate surface area is 165 Å². The van der Waals surface area contributed by atoms with E-state index in [0.717, 1.165) is 0 Å². The number of hydrogen-bond donors (Lipinski definition) is 1. The third-order valence-corrected chi connectivity index (χ3v) is 6.09. The highest BCUT2D eigenvalue weighted by atomic mass is 32.2. The molecular weight excluding hydrogens is 380 g/mol. The summed E-state index contributed by atoms with van der Waals surface area (Å²) < 4.78 is 31.4. The zero-order chi connectivity index (χ0) is 20.7. The number of hydrogen-bond acceptors (Lipinski definition) is 5. The van der Waals surface area contributed by atoms with Crippen LogP contribution in [0.1, 0.15) is 30.1 Å². The van der Waals surface area contributed by atoms with Crippen molar-refractivity contribution in [3.63, 3.8) is 0 Å². The molecule has 1 N–H and O–H groups in total. The molecule has 0 atom stereocenters. The van der Waals surface area contributed by atoms with Crippen LogP contribution in [0.5, 0.6) is 5.75 Å². The molecule has 0 aliphatic carbocycles. The van der Waals surface area contributed by atoms with Crippen LogP contribution < -0.4 is 10.1 Å². The van der Waals surface area contributed by atoms with Gasteiger partial charge in [0, 0.05) is 31.3 Å². The minimum atomic E-state index is -3.67. The molecule has 28 heavy (non-hydrogen) atoms. The summed E-state index contributed by atoms with van der Waals surface area (Å²) in [4.78, 5) is 23.4. The first-order chi connectivity index (χ1) is 13.2. The maximum Gasteiger partial charge on any atom is 0.242 e. The number of nitrogens with one attached hydrogen (secondary N) is 1. The summed E-state index contributed by atoms with van der Waals surface area (Å²) in [6, 6.07) is 12.8. The van der Waals surface area contributed by atoms with Crippen LogP contribution in [0.4, 0.5) is 5.69 Å². The van der Waals surface area contributed by atoms with Crippen LogP contribution in [0, 0.1) is 0 Å². The molecule has 0 heterocycles. The molecule has 150 valence electrons. The quantitative estimate of drug-likeness (QED) is 0.649. The third-order valence-electron chi connectivity index (χ3n) is 4.22. The molecule has 0 unspecified atom stereocenters. The summed E-state index contributed by atoms with van der Waals surface area (Å²) in [5.74, 6) is 0.378. The van der Waals surface area contributed by atoms with Gasteiger partial charge in [0.15, 0.2) is 5.78 Å². The molecule has 0 saturated carbocycles. The third kappa shape index (κ3) is 5.64. The Morgan fingerprint density at radius 1 is 1.04 bits per heavy atom. The Balaban J connectivity index is 1.86. The molecule has 0 bridgehead atoms. The van der Waals surface area contributed by atoms with E-state index in [1.54, 1.807) is 31.4 Å². The van der Waals surface area contributed by atoms with Gasteiger partial charge in [-0.1, -0.05) is 12.1 Å². The highest BCUT2D eigenvalue weighted by Crippen LogP contribution is 2.17. The predicted octanol–water partition coefficient (Wildman–Crippen LogP) is 2.94. The number of sulfonamides is 1. The van der Waals surface area contributed by atoms with E-state index in [1.165, 1.54) is 42.5 Å². The number of rotatable bonds is 9. The number of carbonyl (C=O) groups is 2. The Kier molecular flexibility index (Phi) is 7.31. The molecule has 1 amide bonds. The largest absolute Gasteiger partial charge is 0.497 e. The number of benzene rings is 2. The smallest absolute Gasteiger partial charge is 0.242 e. The van der Waals surface area contributed by atoms with Gasteiger partial charge in [0.2, 0.25) is 15.9 Å². The fourth-order valence-electron chi connectivity index (χ4n) is 2.52. The number of amides is 1. The van der Waals surface area contributed by atoms with E-state index in [-0.39, 0.29) is 29.6 Å². The van der Waals surface area contributed by atoms with Crippen molar-refractivity contribution in [1.29, 1.82) is 0 Å². The first-order valence-corrected chi connectivity index (χ1v) is 10.2. The molecule has 0 fully saturated rings. The van der Waals surface area contributed by atoms with Gasteiger partial charge in [-0.15, -0.1) is 0 Å². The first kappa shape index (κ1) is 21.6. The van der Waals surface area contributed by atoms with Crippen molar-refractivity contribution in [2.24, 2.45) is 0 Å². The van der Waals surface area contributed by atoms with Gasteiger partial charge >= 0.3 is 0 Å². The van der Waals surface area contributed by atoms with Crippen LogP contribution in [0.25, 0.3) is 0 Å². The zero-order valence-electron chi connectivity index (χ0n) is 16.1. The lowest BCUT2D eigenvalue weighted by Gasteiger charge is -2.17. The Morgan fingerprint density at radius 2 is 1.64 bits per heavy atom. The van der Waals surface area contributed by atoms with E-state index in [1.807, 2.05) is 0 Å². The van der Waals surface area contributed by atoms with Crippen LogP contribution in [0.15, 0.2) is 53.4 Å². The number of carbonyl (C=O) groups excluding carboxylic acids is 2. The van der Waals surface area contributed by atoms with Crippen LogP contribution in [0.3, 0.4) is 0 Å². The van der Waals surface area contributed by atoms with E-state index >= 15 is 0 Å². The van der Waals surface area contributed by atoms with Crippen molar-refractivity contribution in [3.8, 4) is 5.75 Å². The van der Waals surface area contributed by atoms with Crippen molar-refractivity contribution >= 4 is 27.4 Å². The summed E-state index contributed by atoms with van der Waals surface area (Å²) >= 11 is 0. The van der Waals surface area contributed by atoms with Crippen LogP contribution >= 0.6 is 0 Å². The van der Waals surface area contributed by atoms with E-state index < -0.39 is 10.0 Å². The number of Topliss-reactive ketones (excluding diaryl/α,β-unsaturated/α-hetero) is 1. The SMILES string of the molecule is COc1ccc(NC(=O)CCCN(C)S(=O)(=O)c2ccc(C(C)=O)cc2)cc1. The Hall–Kier alpha value is -2.71. The molecule has 8 heteroatoms. The summed E-state index contributed by atoms with van der Waals surface area (Å²) in [6.07, 6.45) is 0.568. The number of ether oxygens (including phenoxy) is 1. The minimum absolute atomic E-state index is 0.114. The minimum Gasteiger partial charge on any atom is -0.497 e. The van der Waals surface area contributed by atoms with Crippen LogP contribution in [0.2, 0.25) is 0 Å². The first-order valence-electron chi connectivity index (χ1n) is 8.75. The monoisotopic (exact) mass is 404 g/mol. The van der Waals surface area contributed by atoms with Crippen LogP contribution in [-0.4, -0.2) is 45.1 Å². The van der Waals surface area contributed by atoms with Crippen molar-refractivity contribution in [2.75, 3.05) is 26.0 Å². The fraction of sp³-hybridized carbons (Fsp3) is 0.300. The highest BCUT2D eigenvalue weighted by Gasteiger charge is 2.20. The van der Waals surface area contributed by atoms with Gasteiger partial charge in [-0.3, -0.25) is 9.59 Å². The predicted molar refractivity (Wildman–Crippen MR) is 107 cm³/mol. The maximum absolute atomic E-state index is 12.6. The zero-order valence-corrected chi connectivity index (χ0v) is 17.0. The second-order valence-electron chi connectivity index (χ2n) is 6.29. The highest BCUT2D eigenvalue weighted by molar-refractivity contribution is 7.89. The van der Waals surface area contributed by atoms with Gasteiger partial charge in [0.05, 0.1) is 12.0 Å². The summed E-state index contributed by atoms with van der Waals surface area (Å²) in [6.45, 7) is 1.62. The van der Waals surface area contributed by atoms with E-state index in [9.17, 15) is 18.0 Å². The average Bonchev–Trinajstić information content (AvgIpc) is 2.68. The molecule has 0 aliphatic heterocycles. The molecule has 7 nitrogen and oxygen atoms in total. The number of nitrogens with zero attached hydrogens (tertiary/aromatic N) is 1. The second-order valence-corrected chi connectivity index (χ2v) is 8.33. The van der Waals surface area contributed by atoms with Crippen molar-refractivity contribution < 1.29 is 22.7 Å². The lowest BCUT2D eigenvalue weighted by molar-refractivity contribution is -0.116. The second kappa shape index (κ2) is 9.48. The maximum atomic E-state index is 12.6. The van der Waals surface area contributed by atoms with Gasteiger partial charge in [0.25, 0.3) is 0 Å². The Morgan fingerprint density at radius 3 is 2.18 bits per heavy atom. The van der Waals surface area contributed by atoms with E-state index in [2.05, 4.69) is 5.32 Å². The Bertz CT molecular complexity index is 922. The molecule has 2 aromatic rings. The molecule has 0 spiro atoms.